The Hall–Kier alpha value is -1.88. The van der Waals surface area contributed by atoms with Crippen LogP contribution in [0, 0.1) is 11.7 Å². The number of sulfonamides is 1. The van der Waals surface area contributed by atoms with Gasteiger partial charge < -0.3 is 4.74 Å². The lowest BCUT2D eigenvalue weighted by molar-refractivity contribution is 0.0722. The van der Waals surface area contributed by atoms with E-state index in [2.05, 4.69) is 10.2 Å². The van der Waals surface area contributed by atoms with Crippen LogP contribution in [-0.2, 0) is 14.8 Å². The van der Waals surface area contributed by atoms with Gasteiger partial charge in [0.1, 0.15) is 0 Å². The van der Waals surface area contributed by atoms with Gasteiger partial charge in [-0.25, -0.2) is 12.8 Å². The lowest BCUT2D eigenvalue weighted by atomic mass is 10.0. The number of carbonyl (C=O) groups excluding carboxylic acids is 1. The molecule has 1 saturated heterocycles. The maximum absolute atomic E-state index is 14.3. The Bertz CT molecular complexity index is 929. The van der Waals surface area contributed by atoms with Crippen molar-refractivity contribution >= 4 is 33.2 Å². The Balaban J connectivity index is 1.70. The van der Waals surface area contributed by atoms with E-state index in [1.54, 1.807) is 6.08 Å². The van der Waals surface area contributed by atoms with Crippen molar-refractivity contribution in [2.75, 3.05) is 19.0 Å². The van der Waals surface area contributed by atoms with Crippen LogP contribution in [0.5, 0.6) is 0 Å². The van der Waals surface area contributed by atoms with Crippen molar-refractivity contribution in [1.29, 1.82) is 0 Å². The number of carbonyl (C=O) groups is 1. The fourth-order valence-corrected chi connectivity index (χ4v) is 4.47. The first kappa shape index (κ1) is 20.8. The van der Waals surface area contributed by atoms with Crippen molar-refractivity contribution in [3.8, 4) is 0 Å². The summed E-state index contributed by atoms with van der Waals surface area (Å²) in [5, 5.41) is 7.62. The van der Waals surface area contributed by atoms with E-state index >= 15 is 0 Å². The minimum Gasteiger partial charge on any atom is -0.381 e. The number of rotatable bonds is 6. The molecular formula is C17H20ClFN4O4S. The van der Waals surface area contributed by atoms with Crippen LogP contribution in [0.2, 0.25) is 5.02 Å². The van der Waals surface area contributed by atoms with Crippen LogP contribution in [0.15, 0.2) is 28.4 Å². The van der Waals surface area contributed by atoms with E-state index in [0.29, 0.717) is 37.3 Å². The zero-order valence-electron chi connectivity index (χ0n) is 15.1. The quantitative estimate of drug-likeness (QED) is 0.676. The maximum atomic E-state index is 14.3. The Labute approximate surface area is 167 Å². The molecule has 1 unspecified atom stereocenters. The third-order valence-corrected chi connectivity index (χ3v) is 6.03. The van der Waals surface area contributed by atoms with Gasteiger partial charge in [0, 0.05) is 18.8 Å². The van der Waals surface area contributed by atoms with Crippen LogP contribution in [0.25, 0.3) is 5.70 Å². The highest BCUT2D eigenvalue weighted by molar-refractivity contribution is 7.89. The van der Waals surface area contributed by atoms with Gasteiger partial charge in [0.25, 0.3) is 5.91 Å². The zero-order chi connectivity index (χ0) is 20.3. The van der Waals surface area contributed by atoms with Gasteiger partial charge >= 0.3 is 0 Å². The van der Waals surface area contributed by atoms with Gasteiger partial charge in [-0.15, -0.1) is 4.83 Å². The number of azo groups is 1. The summed E-state index contributed by atoms with van der Waals surface area (Å²) in [5.74, 6) is -2.11. The highest BCUT2D eigenvalue weighted by Gasteiger charge is 2.24. The van der Waals surface area contributed by atoms with E-state index in [1.165, 1.54) is 12.1 Å². The zero-order valence-corrected chi connectivity index (χ0v) is 16.7. The maximum Gasteiger partial charge on any atom is 0.269 e. The second kappa shape index (κ2) is 8.64. The summed E-state index contributed by atoms with van der Waals surface area (Å²) in [6.45, 7) is 2.84. The SMILES string of the molecule is CC1C=C(c2cc(Cl)c(F)c(C(=O)NNS(=O)(=O)CC3CCOCC3)c2)N=N1. The lowest BCUT2D eigenvalue weighted by Gasteiger charge is -2.21. The van der Waals surface area contributed by atoms with Gasteiger partial charge in [-0.2, -0.15) is 10.2 Å². The molecule has 0 aliphatic carbocycles. The van der Waals surface area contributed by atoms with Gasteiger partial charge in [-0.3, -0.25) is 10.2 Å². The fraction of sp³-hybridized carbons (Fsp3) is 0.471. The Morgan fingerprint density at radius 1 is 1.36 bits per heavy atom. The highest BCUT2D eigenvalue weighted by atomic mass is 35.5. The van der Waals surface area contributed by atoms with Crippen LogP contribution in [0.4, 0.5) is 4.39 Å². The molecule has 8 nitrogen and oxygen atoms in total. The van der Waals surface area contributed by atoms with E-state index in [1.807, 2.05) is 17.2 Å². The molecular weight excluding hydrogens is 411 g/mol. The summed E-state index contributed by atoms with van der Waals surface area (Å²) < 4.78 is 43.9. The first-order chi connectivity index (χ1) is 13.2. The predicted octanol–water partition coefficient (Wildman–Crippen LogP) is 2.67. The molecule has 0 aromatic heterocycles. The Kier molecular flexibility index (Phi) is 6.43. The number of nitrogens with zero attached hydrogens (tertiary/aromatic N) is 2. The smallest absolute Gasteiger partial charge is 0.269 e. The second-order valence-corrected chi connectivity index (χ2v) is 8.90. The summed E-state index contributed by atoms with van der Waals surface area (Å²) in [6, 6.07) is 2.46. The molecule has 1 aromatic carbocycles. The van der Waals surface area contributed by atoms with Gasteiger partial charge in [0.2, 0.25) is 10.0 Å². The lowest BCUT2D eigenvalue weighted by Crippen LogP contribution is -2.44. The highest BCUT2D eigenvalue weighted by Crippen LogP contribution is 2.29. The first-order valence-corrected chi connectivity index (χ1v) is 10.8. The standard InChI is InChI=1S/C17H20ClFN4O4S/c1-10-6-15(21-20-10)12-7-13(16(19)14(18)8-12)17(24)22-23-28(25,26)9-11-2-4-27-5-3-11/h6-8,10-11,23H,2-5,9H2,1H3,(H,22,24). The molecule has 0 radical (unpaired) electrons. The molecule has 152 valence electrons. The summed E-state index contributed by atoms with van der Waals surface area (Å²) in [4.78, 5) is 14.4. The largest absolute Gasteiger partial charge is 0.381 e. The van der Waals surface area contributed by atoms with Crippen molar-refractivity contribution in [2.45, 2.75) is 25.8 Å². The summed E-state index contributed by atoms with van der Waals surface area (Å²) >= 11 is 5.89. The van der Waals surface area contributed by atoms with Crippen molar-refractivity contribution in [3.05, 3.63) is 40.2 Å². The minimum absolute atomic E-state index is 0.0562. The van der Waals surface area contributed by atoms with E-state index in [-0.39, 0.29) is 22.7 Å². The molecule has 11 heteroatoms. The number of benzene rings is 1. The van der Waals surface area contributed by atoms with Crippen molar-refractivity contribution in [3.63, 3.8) is 0 Å². The van der Waals surface area contributed by atoms with Gasteiger partial charge in [0.15, 0.2) is 5.82 Å². The van der Waals surface area contributed by atoms with Crippen molar-refractivity contribution < 1.29 is 22.3 Å². The minimum atomic E-state index is -3.78. The molecule has 1 atom stereocenters. The number of hydrogen-bond acceptors (Lipinski definition) is 6. The fourth-order valence-electron chi connectivity index (χ4n) is 2.96. The molecule has 1 fully saturated rings. The Morgan fingerprint density at radius 3 is 2.71 bits per heavy atom. The molecule has 3 rings (SSSR count). The number of hydrogen-bond donors (Lipinski definition) is 2. The average molecular weight is 431 g/mol. The van der Waals surface area contributed by atoms with E-state index in [0.717, 1.165) is 0 Å². The normalized spacial score (nSPS) is 20.2. The van der Waals surface area contributed by atoms with Crippen molar-refractivity contribution in [1.82, 2.24) is 10.3 Å². The van der Waals surface area contributed by atoms with Crippen LogP contribution in [0.1, 0.15) is 35.7 Å². The molecule has 2 aliphatic rings. The number of hydrazine groups is 1. The average Bonchev–Trinajstić information content (AvgIpc) is 3.09. The summed E-state index contributed by atoms with van der Waals surface area (Å²) in [5.41, 5.74) is 2.52. The topological polar surface area (TPSA) is 109 Å². The summed E-state index contributed by atoms with van der Waals surface area (Å²) in [7, 11) is -3.78. The third-order valence-electron chi connectivity index (χ3n) is 4.43. The second-order valence-electron chi connectivity index (χ2n) is 6.72. The predicted molar refractivity (Wildman–Crippen MR) is 102 cm³/mol. The molecule has 1 amide bonds. The molecule has 2 aliphatic heterocycles. The number of nitrogens with one attached hydrogen (secondary N) is 2. The van der Waals surface area contributed by atoms with E-state index in [4.69, 9.17) is 16.3 Å². The monoisotopic (exact) mass is 430 g/mol. The summed E-state index contributed by atoms with van der Waals surface area (Å²) in [6.07, 6.45) is 2.99. The van der Waals surface area contributed by atoms with Crippen molar-refractivity contribution in [2.24, 2.45) is 16.1 Å². The van der Waals surface area contributed by atoms with Gasteiger partial charge in [0.05, 0.1) is 28.1 Å². The molecule has 2 heterocycles. The van der Waals surface area contributed by atoms with E-state index in [9.17, 15) is 17.6 Å². The van der Waals surface area contributed by atoms with Gasteiger partial charge in [-0.05, 0) is 43.9 Å². The van der Waals surface area contributed by atoms with Gasteiger partial charge in [-0.1, -0.05) is 11.6 Å². The van der Waals surface area contributed by atoms with Crippen LogP contribution >= 0.6 is 11.6 Å². The molecule has 1 aromatic rings. The number of amides is 1. The number of ether oxygens (including phenoxy) is 1. The molecule has 2 N–H and O–H groups in total. The number of halogens is 2. The first-order valence-electron chi connectivity index (χ1n) is 8.75. The van der Waals surface area contributed by atoms with Crippen LogP contribution in [-0.4, -0.2) is 39.3 Å². The molecule has 0 bridgehead atoms. The molecule has 0 saturated carbocycles. The third kappa shape index (κ3) is 5.13. The van der Waals surface area contributed by atoms with Crippen LogP contribution < -0.4 is 10.3 Å². The molecule has 0 spiro atoms. The van der Waals surface area contributed by atoms with Crippen LogP contribution in [0.3, 0.4) is 0 Å². The molecule has 28 heavy (non-hydrogen) atoms. The Morgan fingerprint density at radius 2 is 2.07 bits per heavy atom. The van der Waals surface area contributed by atoms with E-state index < -0.39 is 27.3 Å².